The topological polar surface area (TPSA) is 106 Å². The van der Waals surface area contributed by atoms with E-state index in [1.165, 1.54) is 14.0 Å². The van der Waals surface area contributed by atoms with Gasteiger partial charge in [-0.05, 0) is 37.1 Å². The molecule has 0 atom stereocenters. The maximum atomic E-state index is 12.8. The first-order valence-electron chi connectivity index (χ1n) is 11.2. The Morgan fingerprint density at radius 2 is 1.85 bits per heavy atom. The molecule has 180 valence electrons. The summed E-state index contributed by atoms with van der Waals surface area (Å²) in [6, 6.07) is 7.54. The molecule has 9 nitrogen and oxygen atoms in total. The number of ether oxygens (including phenoxy) is 3. The lowest BCUT2D eigenvalue weighted by Crippen LogP contribution is -2.59. The van der Waals surface area contributed by atoms with Gasteiger partial charge in [0.1, 0.15) is 35.1 Å². The van der Waals surface area contributed by atoms with Gasteiger partial charge in [-0.3, -0.25) is 14.5 Å². The molecule has 0 radical (unpaired) electrons. The Bertz CT molecular complexity index is 1260. The second kappa shape index (κ2) is 9.72. The van der Waals surface area contributed by atoms with Gasteiger partial charge in [0.2, 0.25) is 5.91 Å². The lowest BCUT2D eigenvalue weighted by atomic mass is 10.0. The van der Waals surface area contributed by atoms with E-state index in [4.69, 9.17) is 14.2 Å². The molecule has 1 amide bonds. The summed E-state index contributed by atoms with van der Waals surface area (Å²) in [4.78, 5) is 33.7. The number of methoxy groups -OCH3 is 2. The minimum absolute atomic E-state index is 0.00719. The Labute approximate surface area is 198 Å². The zero-order valence-electron chi connectivity index (χ0n) is 20.2. The monoisotopic (exact) mass is 466 g/mol. The average molecular weight is 467 g/mol. The van der Waals surface area contributed by atoms with E-state index in [1.54, 1.807) is 19.2 Å². The van der Waals surface area contributed by atoms with Crippen molar-refractivity contribution < 1.29 is 19.0 Å². The molecule has 0 unspecified atom stereocenters. The molecule has 3 aromatic rings. The van der Waals surface area contributed by atoms with E-state index >= 15 is 0 Å². The molecular weight excluding hydrogens is 436 g/mol. The maximum Gasteiger partial charge on any atom is 0.262 e. The number of carbonyl (C=O) groups is 1. The van der Waals surface area contributed by atoms with Gasteiger partial charge in [0.05, 0.1) is 25.8 Å². The number of likely N-dealkylation sites (tertiary alicyclic amines) is 1. The maximum absolute atomic E-state index is 12.8. The number of fused-ring (bicyclic) bond motifs is 1. The second-order valence-corrected chi connectivity index (χ2v) is 8.58. The molecule has 0 aliphatic carbocycles. The summed E-state index contributed by atoms with van der Waals surface area (Å²) in [7, 11) is 3.07. The molecule has 1 aliphatic heterocycles. The third-order valence-corrected chi connectivity index (χ3v) is 5.95. The van der Waals surface area contributed by atoms with Gasteiger partial charge in [0.25, 0.3) is 5.56 Å². The van der Waals surface area contributed by atoms with Crippen LogP contribution in [0.1, 0.15) is 18.1 Å². The van der Waals surface area contributed by atoms with Crippen LogP contribution in [0.2, 0.25) is 0 Å². The van der Waals surface area contributed by atoms with E-state index in [9.17, 15) is 9.59 Å². The number of H-pyrrole nitrogens is 1. The Morgan fingerprint density at radius 3 is 2.47 bits per heavy atom. The van der Waals surface area contributed by atoms with Crippen LogP contribution in [-0.2, 0) is 4.79 Å². The van der Waals surface area contributed by atoms with Crippen molar-refractivity contribution in [2.24, 2.45) is 0 Å². The molecular formula is C25H30N4O5. The lowest BCUT2D eigenvalue weighted by Gasteiger charge is -2.39. The summed E-state index contributed by atoms with van der Waals surface area (Å²) in [5.74, 6) is 2.28. The Kier molecular flexibility index (Phi) is 6.74. The van der Waals surface area contributed by atoms with Gasteiger partial charge >= 0.3 is 0 Å². The van der Waals surface area contributed by atoms with Gasteiger partial charge in [-0.25, -0.2) is 4.98 Å². The van der Waals surface area contributed by atoms with Crippen molar-refractivity contribution in [2.75, 3.05) is 40.5 Å². The molecule has 9 heteroatoms. The average Bonchev–Trinajstić information content (AvgIpc) is 2.77. The molecule has 2 heterocycles. The standard InChI is InChI=1S/C25H30N4O5/c1-14-8-17(9-15(2)23(14)34-7-6-29-12-18(13-29)26-16(3)30)24-27-20-10-19(32-4)11-21(33-5)22(20)25(31)28-24/h8-11,18H,6-7,12-13H2,1-5H3,(H,26,30)(H,27,28,31). The van der Waals surface area contributed by atoms with E-state index in [-0.39, 0.29) is 17.5 Å². The predicted molar refractivity (Wildman–Crippen MR) is 130 cm³/mol. The van der Waals surface area contributed by atoms with Crippen LogP contribution in [0.15, 0.2) is 29.1 Å². The number of nitrogens with one attached hydrogen (secondary N) is 2. The van der Waals surface area contributed by atoms with E-state index in [2.05, 4.69) is 20.2 Å². The Hall–Kier alpha value is -3.59. The first-order valence-corrected chi connectivity index (χ1v) is 11.2. The summed E-state index contributed by atoms with van der Waals surface area (Å²) < 4.78 is 16.8. The first-order chi connectivity index (χ1) is 16.3. The Morgan fingerprint density at radius 1 is 1.15 bits per heavy atom. The number of aromatic amines is 1. The molecule has 0 spiro atoms. The summed E-state index contributed by atoms with van der Waals surface area (Å²) in [5.41, 5.74) is 2.94. The van der Waals surface area contributed by atoms with Crippen LogP contribution in [-0.4, -0.2) is 67.3 Å². The number of rotatable bonds is 8. The quantitative estimate of drug-likeness (QED) is 0.525. The molecule has 4 rings (SSSR count). The largest absolute Gasteiger partial charge is 0.497 e. The number of aromatic nitrogens is 2. The number of nitrogens with zero attached hydrogens (tertiary/aromatic N) is 2. The van der Waals surface area contributed by atoms with Crippen molar-refractivity contribution in [2.45, 2.75) is 26.8 Å². The molecule has 2 aromatic carbocycles. The predicted octanol–water partition coefficient (Wildman–Crippen LogP) is 2.42. The van der Waals surface area contributed by atoms with Crippen molar-refractivity contribution in [3.05, 3.63) is 45.7 Å². The van der Waals surface area contributed by atoms with Crippen molar-refractivity contribution in [1.29, 1.82) is 0 Å². The van der Waals surface area contributed by atoms with Gasteiger partial charge < -0.3 is 24.5 Å². The molecule has 1 aliphatic rings. The van der Waals surface area contributed by atoms with Crippen LogP contribution in [0.5, 0.6) is 17.2 Å². The minimum atomic E-state index is -0.276. The molecule has 1 saturated heterocycles. The highest BCUT2D eigenvalue weighted by Gasteiger charge is 2.26. The van der Waals surface area contributed by atoms with Crippen LogP contribution >= 0.6 is 0 Å². The molecule has 1 fully saturated rings. The van der Waals surface area contributed by atoms with Gasteiger partial charge in [-0.2, -0.15) is 0 Å². The fourth-order valence-electron chi connectivity index (χ4n) is 4.35. The number of hydrogen-bond acceptors (Lipinski definition) is 7. The SMILES string of the molecule is COc1cc(OC)c2c(=O)[nH]c(-c3cc(C)c(OCCN4CC(NC(C)=O)C4)c(C)c3)nc2c1. The molecule has 2 N–H and O–H groups in total. The fourth-order valence-corrected chi connectivity index (χ4v) is 4.35. The minimum Gasteiger partial charge on any atom is -0.497 e. The van der Waals surface area contributed by atoms with Crippen LogP contribution in [0, 0.1) is 13.8 Å². The van der Waals surface area contributed by atoms with Gasteiger partial charge in [-0.15, -0.1) is 0 Å². The Balaban J connectivity index is 1.51. The number of aryl methyl sites for hydroxylation is 2. The number of hydrogen-bond donors (Lipinski definition) is 2. The molecule has 34 heavy (non-hydrogen) atoms. The van der Waals surface area contributed by atoms with E-state index in [0.717, 1.165) is 42.1 Å². The summed E-state index contributed by atoms with van der Waals surface area (Å²) in [6.07, 6.45) is 0. The highest BCUT2D eigenvalue weighted by Crippen LogP contribution is 2.31. The van der Waals surface area contributed by atoms with Crippen LogP contribution in [0.4, 0.5) is 0 Å². The van der Waals surface area contributed by atoms with Crippen molar-refractivity contribution in [3.63, 3.8) is 0 Å². The zero-order chi connectivity index (χ0) is 24.4. The summed E-state index contributed by atoms with van der Waals surface area (Å²) >= 11 is 0. The van der Waals surface area contributed by atoms with Crippen molar-refractivity contribution in [3.8, 4) is 28.6 Å². The number of carbonyl (C=O) groups excluding carboxylic acids is 1. The van der Waals surface area contributed by atoms with E-state index in [1.807, 2.05) is 26.0 Å². The second-order valence-electron chi connectivity index (χ2n) is 8.58. The lowest BCUT2D eigenvalue weighted by molar-refractivity contribution is -0.120. The van der Waals surface area contributed by atoms with Gasteiger partial charge in [0, 0.05) is 44.3 Å². The fraction of sp³-hybridized carbons (Fsp3) is 0.400. The van der Waals surface area contributed by atoms with Gasteiger partial charge in [-0.1, -0.05) is 0 Å². The normalized spacial score (nSPS) is 14.0. The highest BCUT2D eigenvalue weighted by atomic mass is 16.5. The number of amides is 1. The first kappa shape index (κ1) is 23.6. The van der Waals surface area contributed by atoms with E-state index < -0.39 is 0 Å². The smallest absolute Gasteiger partial charge is 0.262 e. The van der Waals surface area contributed by atoms with Crippen molar-refractivity contribution >= 4 is 16.8 Å². The van der Waals surface area contributed by atoms with Gasteiger partial charge in [0.15, 0.2) is 0 Å². The number of benzene rings is 2. The molecule has 0 saturated carbocycles. The van der Waals surface area contributed by atoms with E-state index in [0.29, 0.717) is 34.8 Å². The molecule has 1 aromatic heterocycles. The van der Waals surface area contributed by atoms with Crippen LogP contribution in [0.25, 0.3) is 22.3 Å². The summed E-state index contributed by atoms with van der Waals surface area (Å²) in [5, 5.41) is 3.30. The summed E-state index contributed by atoms with van der Waals surface area (Å²) in [6.45, 7) is 8.53. The third kappa shape index (κ3) is 4.84. The van der Waals surface area contributed by atoms with Crippen LogP contribution < -0.4 is 25.1 Å². The highest BCUT2D eigenvalue weighted by molar-refractivity contribution is 5.87. The van der Waals surface area contributed by atoms with Crippen LogP contribution in [0.3, 0.4) is 0 Å². The van der Waals surface area contributed by atoms with Crippen molar-refractivity contribution in [1.82, 2.24) is 20.2 Å². The zero-order valence-corrected chi connectivity index (χ0v) is 20.2. The third-order valence-electron chi connectivity index (χ3n) is 5.95. The molecule has 0 bridgehead atoms.